The van der Waals surface area contributed by atoms with Crippen LogP contribution in [0.25, 0.3) is 0 Å². The molecule has 0 saturated heterocycles. The average Bonchev–Trinajstić information content (AvgIpc) is 2.03. The van der Waals surface area contributed by atoms with Gasteiger partial charge >= 0.3 is 0 Å². The number of halogens is 1. The Morgan fingerprint density at radius 3 is 2.55 bits per heavy atom. The number of ether oxygens (including phenoxy) is 2. The number of rotatable bonds is 2. The Bertz CT molecular complexity index is 226. The van der Waals surface area contributed by atoms with Crippen molar-refractivity contribution in [3.05, 3.63) is 22.7 Å². The van der Waals surface area contributed by atoms with Gasteiger partial charge in [-0.3, -0.25) is 0 Å². The van der Waals surface area contributed by atoms with Gasteiger partial charge in [0.2, 0.25) is 0 Å². The predicted octanol–water partition coefficient (Wildman–Crippen LogP) is 2.27. The summed E-state index contributed by atoms with van der Waals surface area (Å²) in [6.07, 6.45) is 0. The molecule has 0 aliphatic heterocycles. The van der Waals surface area contributed by atoms with Gasteiger partial charge < -0.3 is 9.47 Å². The van der Waals surface area contributed by atoms with Gasteiger partial charge in [-0.05, 0) is 22.0 Å². The third kappa shape index (κ3) is 2.12. The molecule has 0 aliphatic rings. The Balaban J connectivity index is 3.02. The molecule has 0 unspecified atom stereocenters. The van der Waals surface area contributed by atoms with Gasteiger partial charge in [-0.2, -0.15) is 0 Å². The Morgan fingerprint density at radius 2 is 2.00 bits per heavy atom. The molecule has 3 heteroatoms. The molecule has 1 rings (SSSR count). The fourth-order valence-corrected chi connectivity index (χ4v) is 1.13. The summed E-state index contributed by atoms with van der Waals surface area (Å²) in [5.41, 5.74) is 0. The third-order valence-electron chi connectivity index (χ3n) is 1.24. The summed E-state index contributed by atoms with van der Waals surface area (Å²) in [6, 6.07) is 6.54. The second kappa shape index (κ2) is 3.62. The normalized spacial score (nSPS) is 9.36. The fraction of sp³-hybridized carbons (Fsp3) is 0.250. The SMILES string of the molecule is COc1[c]c(Br)cc(OC)c1. The first-order valence-electron chi connectivity index (χ1n) is 3.07. The molecule has 1 aromatic rings. The topological polar surface area (TPSA) is 18.5 Å². The number of hydrogen-bond donors (Lipinski definition) is 0. The Hall–Kier alpha value is -0.700. The van der Waals surface area contributed by atoms with Crippen LogP contribution in [-0.4, -0.2) is 14.2 Å². The van der Waals surface area contributed by atoms with E-state index in [-0.39, 0.29) is 0 Å². The Labute approximate surface area is 74.3 Å². The van der Waals surface area contributed by atoms with Crippen molar-refractivity contribution in [3.8, 4) is 11.5 Å². The first-order valence-corrected chi connectivity index (χ1v) is 3.86. The van der Waals surface area contributed by atoms with Crippen molar-refractivity contribution < 1.29 is 9.47 Å². The van der Waals surface area contributed by atoms with Gasteiger partial charge in [0.05, 0.1) is 14.2 Å². The van der Waals surface area contributed by atoms with E-state index in [4.69, 9.17) is 9.47 Å². The molecule has 11 heavy (non-hydrogen) atoms. The second-order valence-corrected chi connectivity index (χ2v) is 2.79. The largest absolute Gasteiger partial charge is 0.497 e. The van der Waals surface area contributed by atoms with Crippen LogP contribution in [0, 0.1) is 6.07 Å². The molecule has 0 amide bonds. The highest BCUT2D eigenvalue weighted by atomic mass is 79.9. The standard InChI is InChI=1S/C8H8BrO2/c1-10-7-3-6(9)4-8(5-7)11-2/h3,5H,1-2H3. The average molecular weight is 216 g/mol. The summed E-state index contributed by atoms with van der Waals surface area (Å²) in [5.74, 6) is 1.42. The number of benzene rings is 1. The smallest absolute Gasteiger partial charge is 0.131 e. The van der Waals surface area contributed by atoms with Crippen molar-refractivity contribution in [2.75, 3.05) is 14.2 Å². The molecule has 0 fully saturated rings. The quantitative estimate of drug-likeness (QED) is 0.754. The van der Waals surface area contributed by atoms with Crippen LogP contribution < -0.4 is 9.47 Å². The third-order valence-corrected chi connectivity index (χ3v) is 1.67. The van der Waals surface area contributed by atoms with Gasteiger partial charge in [0.25, 0.3) is 0 Å². The maximum Gasteiger partial charge on any atom is 0.131 e. The molecule has 0 saturated carbocycles. The lowest BCUT2D eigenvalue weighted by Crippen LogP contribution is -1.86. The highest BCUT2D eigenvalue weighted by Gasteiger charge is 1.98. The van der Waals surface area contributed by atoms with E-state index in [1.807, 2.05) is 6.07 Å². The first-order chi connectivity index (χ1) is 5.26. The van der Waals surface area contributed by atoms with Gasteiger partial charge in [0.1, 0.15) is 11.5 Å². The summed E-state index contributed by atoms with van der Waals surface area (Å²) >= 11 is 3.28. The molecule has 0 aliphatic carbocycles. The highest BCUT2D eigenvalue weighted by Crippen LogP contribution is 2.24. The molecule has 0 N–H and O–H groups in total. The lowest BCUT2D eigenvalue weighted by atomic mass is 10.3. The van der Waals surface area contributed by atoms with Gasteiger partial charge in [-0.1, -0.05) is 0 Å². The lowest BCUT2D eigenvalue weighted by Gasteiger charge is -2.03. The van der Waals surface area contributed by atoms with Crippen molar-refractivity contribution in [2.24, 2.45) is 0 Å². The number of hydrogen-bond acceptors (Lipinski definition) is 2. The highest BCUT2D eigenvalue weighted by molar-refractivity contribution is 9.10. The van der Waals surface area contributed by atoms with Crippen LogP contribution in [0.4, 0.5) is 0 Å². The van der Waals surface area contributed by atoms with Gasteiger partial charge in [0.15, 0.2) is 0 Å². The molecule has 0 heterocycles. The maximum atomic E-state index is 5.01. The van der Waals surface area contributed by atoms with Crippen molar-refractivity contribution in [1.82, 2.24) is 0 Å². The van der Waals surface area contributed by atoms with Crippen LogP contribution >= 0.6 is 15.9 Å². The molecule has 0 bridgehead atoms. The van der Waals surface area contributed by atoms with E-state index in [0.717, 1.165) is 10.2 Å². The van der Waals surface area contributed by atoms with Crippen molar-refractivity contribution in [1.29, 1.82) is 0 Å². The molecule has 1 radical (unpaired) electrons. The van der Waals surface area contributed by atoms with E-state index in [1.54, 1.807) is 20.3 Å². The van der Waals surface area contributed by atoms with Crippen LogP contribution in [0.5, 0.6) is 11.5 Å². The van der Waals surface area contributed by atoms with E-state index in [9.17, 15) is 0 Å². The predicted molar refractivity (Wildman–Crippen MR) is 46.1 cm³/mol. The van der Waals surface area contributed by atoms with E-state index < -0.39 is 0 Å². The lowest BCUT2D eigenvalue weighted by molar-refractivity contribution is 0.393. The van der Waals surface area contributed by atoms with Crippen LogP contribution in [0.2, 0.25) is 0 Å². The summed E-state index contributed by atoms with van der Waals surface area (Å²) < 4.78 is 10.8. The van der Waals surface area contributed by atoms with Crippen molar-refractivity contribution in [2.45, 2.75) is 0 Å². The summed E-state index contributed by atoms with van der Waals surface area (Å²) in [7, 11) is 3.21. The molecule has 59 valence electrons. The van der Waals surface area contributed by atoms with Gasteiger partial charge in [-0.15, -0.1) is 0 Å². The molecule has 0 aromatic heterocycles. The zero-order valence-corrected chi connectivity index (χ0v) is 7.94. The minimum atomic E-state index is 0.663. The zero-order valence-electron chi connectivity index (χ0n) is 6.35. The van der Waals surface area contributed by atoms with Crippen molar-refractivity contribution in [3.63, 3.8) is 0 Å². The molecule has 2 nitrogen and oxygen atoms in total. The van der Waals surface area contributed by atoms with E-state index >= 15 is 0 Å². The molecule has 0 spiro atoms. The van der Waals surface area contributed by atoms with E-state index in [2.05, 4.69) is 22.0 Å². The Morgan fingerprint density at radius 1 is 1.27 bits per heavy atom. The van der Waals surface area contributed by atoms with Crippen LogP contribution in [-0.2, 0) is 0 Å². The fourth-order valence-electron chi connectivity index (χ4n) is 0.713. The van der Waals surface area contributed by atoms with Gasteiger partial charge in [0, 0.05) is 16.6 Å². The summed E-state index contributed by atoms with van der Waals surface area (Å²) in [4.78, 5) is 0. The van der Waals surface area contributed by atoms with Gasteiger partial charge in [-0.25, -0.2) is 0 Å². The van der Waals surface area contributed by atoms with Crippen LogP contribution in [0.15, 0.2) is 16.6 Å². The minimum absolute atomic E-state index is 0.663. The number of methoxy groups -OCH3 is 2. The maximum absolute atomic E-state index is 5.01. The molecule has 0 atom stereocenters. The Kier molecular flexibility index (Phi) is 2.76. The second-order valence-electron chi connectivity index (χ2n) is 1.94. The molecular weight excluding hydrogens is 208 g/mol. The first kappa shape index (κ1) is 8.40. The van der Waals surface area contributed by atoms with Crippen molar-refractivity contribution >= 4 is 15.9 Å². The zero-order chi connectivity index (χ0) is 8.27. The summed E-state index contributed by atoms with van der Waals surface area (Å²) in [6.45, 7) is 0. The van der Waals surface area contributed by atoms with Crippen LogP contribution in [0.3, 0.4) is 0 Å². The monoisotopic (exact) mass is 215 g/mol. The van der Waals surface area contributed by atoms with Crippen LogP contribution in [0.1, 0.15) is 0 Å². The summed E-state index contributed by atoms with van der Waals surface area (Å²) in [5, 5.41) is 0. The minimum Gasteiger partial charge on any atom is -0.497 e. The molecular formula is C8H8BrO2. The van der Waals surface area contributed by atoms with E-state index in [0.29, 0.717) is 5.75 Å². The van der Waals surface area contributed by atoms with E-state index in [1.165, 1.54) is 0 Å². The molecule has 1 aromatic carbocycles.